The van der Waals surface area contributed by atoms with Gasteiger partial charge in [0.25, 0.3) is 0 Å². The van der Waals surface area contributed by atoms with Crippen LogP contribution in [-0.4, -0.2) is 40.6 Å². The molecule has 3 aromatic rings. The van der Waals surface area contributed by atoms with Crippen LogP contribution in [0.2, 0.25) is 0 Å². The SMILES string of the molecule is CC(=O)c1ccc(N2C(=O)[C@@H]3[C@@H](C2=O)[C@H]2c4ccccc4C=NN2[C@@H]3C(=O)c2ccc(F)cc2)cc1. The van der Waals surface area contributed by atoms with Gasteiger partial charge in [-0.05, 0) is 66.6 Å². The van der Waals surface area contributed by atoms with Gasteiger partial charge in [-0.3, -0.25) is 24.2 Å². The number of rotatable bonds is 4. The van der Waals surface area contributed by atoms with E-state index in [1.165, 1.54) is 31.2 Å². The Balaban J connectivity index is 1.47. The summed E-state index contributed by atoms with van der Waals surface area (Å²) < 4.78 is 13.5. The fraction of sp³-hybridized carbons (Fsp3) is 0.179. The molecule has 6 rings (SSSR count). The molecule has 2 amide bonds. The van der Waals surface area contributed by atoms with E-state index in [4.69, 9.17) is 0 Å². The lowest BCUT2D eigenvalue weighted by Gasteiger charge is -2.33. The zero-order valence-corrected chi connectivity index (χ0v) is 19.2. The third kappa shape index (κ3) is 3.14. The molecule has 2 saturated heterocycles. The van der Waals surface area contributed by atoms with Crippen molar-refractivity contribution < 1.29 is 23.6 Å². The highest BCUT2D eigenvalue weighted by molar-refractivity contribution is 6.24. The number of carbonyl (C=O) groups excluding carboxylic acids is 4. The van der Waals surface area contributed by atoms with E-state index in [0.29, 0.717) is 11.3 Å². The van der Waals surface area contributed by atoms with E-state index < -0.39 is 47.3 Å². The highest BCUT2D eigenvalue weighted by Gasteiger charge is 2.65. The van der Waals surface area contributed by atoms with Crippen LogP contribution in [0.15, 0.2) is 77.9 Å². The number of anilines is 1. The van der Waals surface area contributed by atoms with Crippen LogP contribution in [0.25, 0.3) is 0 Å². The molecular formula is C28H20FN3O4. The summed E-state index contributed by atoms with van der Waals surface area (Å²) in [6.45, 7) is 1.44. The van der Waals surface area contributed by atoms with Crippen molar-refractivity contribution in [2.24, 2.45) is 16.9 Å². The number of Topliss-reactive ketones (excluding diaryl/α,β-unsaturated/α-hetero) is 2. The molecular weight excluding hydrogens is 461 g/mol. The first-order valence-electron chi connectivity index (χ1n) is 11.6. The summed E-state index contributed by atoms with van der Waals surface area (Å²) in [6.07, 6.45) is 1.63. The number of hydrogen-bond acceptors (Lipinski definition) is 6. The Labute approximate surface area is 205 Å². The second kappa shape index (κ2) is 8.05. The van der Waals surface area contributed by atoms with Crippen LogP contribution < -0.4 is 4.90 Å². The molecule has 36 heavy (non-hydrogen) atoms. The Morgan fingerprint density at radius 1 is 0.833 bits per heavy atom. The van der Waals surface area contributed by atoms with Gasteiger partial charge in [0.1, 0.15) is 11.9 Å². The van der Waals surface area contributed by atoms with Gasteiger partial charge in [-0.1, -0.05) is 24.3 Å². The minimum absolute atomic E-state index is 0.130. The Kier molecular flexibility index (Phi) is 4.93. The van der Waals surface area contributed by atoms with Gasteiger partial charge in [-0.2, -0.15) is 5.10 Å². The Bertz CT molecular complexity index is 1460. The van der Waals surface area contributed by atoms with Crippen LogP contribution in [-0.2, 0) is 9.59 Å². The van der Waals surface area contributed by atoms with Crippen molar-refractivity contribution in [3.05, 3.63) is 101 Å². The maximum absolute atomic E-state index is 13.8. The van der Waals surface area contributed by atoms with Crippen LogP contribution >= 0.6 is 0 Å². The number of nitrogens with zero attached hydrogens (tertiary/aromatic N) is 3. The van der Waals surface area contributed by atoms with E-state index in [-0.39, 0.29) is 11.3 Å². The van der Waals surface area contributed by atoms with E-state index in [9.17, 15) is 23.6 Å². The lowest BCUT2D eigenvalue weighted by atomic mass is 9.83. The molecule has 2 fully saturated rings. The number of hydrogen-bond donors (Lipinski definition) is 0. The monoisotopic (exact) mass is 481 g/mol. The molecule has 0 aromatic heterocycles. The summed E-state index contributed by atoms with van der Waals surface area (Å²) in [5.41, 5.74) is 2.67. The molecule has 0 unspecified atom stereocenters. The van der Waals surface area contributed by atoms with Crippen molar-refractivity contribution in [2.45, 2.75) is 19.0 Å². The van der Waals surface area contributed by atoms with Gasteiger partial charge in [-0.25, -0.2) is 9.29 Å². The van der Waals surface area contributed by atoms with E-state index in [1.807, 2.05) is 24.3 Å². The normalized spacial score (nSPS) is 23.9. The zero-order valence-electron chi connectivity index (χ0n) is 19.2. The van der Waals surface area contributed by atoms with Crippen molar-refractivity contribution in [1.82, 2.24) is 5.01 Å². The molecule has 0 spiro atoms. The topological polar surface area (TPSA) is 87.1 Å². The smallest absolute Gasteiger partial charge is 0.240 e. The lowest BCUT2D eigenvalue weighted by Crippen LogP contribution is -2.44. The Morgan fingerprint density at radius 3 is 2.17 bits per heavy atom. The largest absolute Gasteiger partial charge is 0.295 e. The van der Waals surface area contributed by atoms with Crippen LogP contribution in [0.1, 0.15) is 44.8 Å². The van der Waals surface area contributed by atoms with Crippen molar-refractivity contribution in [3.8, 4) is 0 Å². The number of carbonyl (C=O) groups is 4. The summed E-state index contributed by atoms with van der Waals surface area (Å²) in [7, 11) is 0. The van der Waals surface area contributed by atoms with Gasteiger partial charge in [-0.15, -0.1) is 0 Å². The second-order valence-electron chi connectivity index (χ2n) is 9.18. The van der Waals surface area contributed by atoms with Crippen molar-refractivity contribution >= 4 is 35.3 Å². The van der Waals surface area contributed by atoms with Crippen molar-refractivity contribution in [3.63, 3.8) is 0 Å². The van der Waals surface area contributed by atoms with E-state index in [0.717, 1.165) is 16.0 Å². The number of hydrazone groups is 1. The average molecular weight is 481 g/mol. The number of halogens is 1. The summed E-state index contributed by atoms with van der Waals surface area (Å²) in [5.74, 6) is -3.74. The predicted molar refractivity (Wildman–Crippen MR) is 129 cm³/mol. The summed E-state index contributed by atoms with van der Waals surface area (Å²) >= 11 is 0. The highest BCUT2D eigenvalue weighted by Crippen LogP contribution is 2.53. The summed E-state index contributed by atoms with van der Waals surface area (Å²) in [6, 6.07) is 17.2. The summed E-state index contributed by atoms with van der Waals surface area (Å²) in [4.78, 5) is 54.2. The van der Waals surface area contributed by atoms with Crippen molar-refractivity contribution in [2.75, 3.05) is 4.90 Å². The lowest BCUT2D eigenvalue weighted by molar-refractivity contribution is -0.124. The maximum atomic E-state index is 13.8. The molecule has 0 N–H and O–H groups in total. The number of benzene rings is 3. The molecule has 7 nitrogen and oxygen atoms in total. The van der Waals surface area contributed by atoms with Crippen LogP contribution in [0, 0.1) is 17.7 Å². The first-order valence-corrected chi connectivity index (χ1v) is 11.6. The molecule has 178 valence electrons. The van der Waals surface area contributed by atoms with Gasteiger partial charge >= 0.3 is 0 Å². The molecule has 8 heteroatoms. The van der Waals surface area contributed by atoms with Gasteiger partial charge in [0.2, 0.25) is 11.8 Å². The molecule has 0 aliphatic carbocycles. The van der Waals surface area contributed by atoms with Crippen LogP contribution in [0.3, 0.4) is 0 Å². The van der Waals surface area contributed by atoms with Crippen molar-refractivity contribution in [1.29, 1.82) is 0 Å². The Morgan fingerprint density at radius 2 is 1.47 bits per heavy atom. The quantitative estimate of drug-likeness (QED) is 0.418. The van der Waals surface area contributed by atoms with Gasteiger partial charge < -0.3 is 0 Å². The van der Waals surface area contributed by atoms with Crippen LogP contribution in [0.4, 0.5) is 10.1 Å². The van der Waals surface area contributed by atoms with E-state index in [2.05, 4.69) is 5.10 Å². The Hall–Kier alpha value is -4.46. The molecule has 0 bridgehead atoms. The van der Waals surface area contributed by atoms with Gasteiger partial charge in [0.15, 0.2) is 11.6 Å². The van der Waals surface area contributed by atoms with E-state index in [1.54, 1.807) is 35.5 Å². The zero-order chi connectivity index (χ0) is 25.1. The van der Waals surface area contributed by atoms with Gasteiger partial charge in [0.05, 0.1) is 29.8 Å². The molecule has 4 atom stereocenters. The molecule has 0 saturated carbocycles. The first-order chi connectivity index (χ1) is 17.4. The highest BCUT2D eigenvalue weighted by atomic mass is 19.1. The summed E-state index contributed by atoms with van der Waals surface area (Å²) in [5, 5.41) is 6.08. The third-order valence-electron chi connectivity index (χ3n) is 7.22. The maximum Gasteiger partial charge on any atom is 0.240 e. The van der Waals surface area contributed by atoms with E-state index >= 15 is 0 Å². The molecule has 3 aliphatic heterocycles. The molecule has 3 aromatic carbocycles. The fourth-order valence-electron chi connectivity index (χ4n) is 5.55. The van der Waals surface area contributed by atoms with Crippen LogP contribution in [0.5, 0.6) is 0 Å². The number of imide groups is 1. The predicted octanol–water partition coefficient (Wildman–Crippen LogP) is 3.79. The average Bonchev–Trinajstić information content (AvgIpc) is 3.36. The third-order valence-corrected chi connectivity index (χ3v) is 7.22. The molecule has 3 aliphatic rings. The minimum atomic E-state index is -1.03. The minimum Gasteiger partial charge on any atom is -0.295 e. The number of amides is 2. The van der Waals surface area contributed by atoms with Gasteiger partial charge in [0, 0.05) is 11.1 Å². The standard InChI is InChI=1S/C28H20FN3O4/c1-15(33)16-8-12-20(13-9-16)31-27(35)22-23(28(31)36)25(26(34)17-6-10-19(29)11-7-17)32-24(22)21-5-3-2-4-18(21)14-30-32/h2-14,22-25H,1H3/t22-,23-,24-,25+/m1/s1. The second-order valence-corrected chi connectivity index (χ2v) is 9.18. The number of fused-ring (bicyclic) bond motifs is 5. The molecule has 0 radical (unpaired) electrons. The number of ketones is 2. The molecule has 3 heterocycles. The fourth-order valence-corrected chi connectivity index (χ4v) is 5.55. The first kappa shape index (κ1) is 22.0.